The summed E-state index contributed by atoms with van der Waals surface area (Å²) in [5, 5.41) is 3.72. The maximum Gasteiger partial charge on any atom is 0.227 e. The summed E-state index contributed by atoms with van der Waals surface area (Å²) < 4.78 is 12.5. The molecular formula is C9H9FN2O. The maximum absolute atomic E-state index is 12.5. The van der Waals surface area contributed by atoms with E-state index < -0.39 is 0 Å². The molecule has 0 radical (unpaired) electrons. The Labute approximate surface area is 75.3 Å². The first-order chi connectivity index (χ1) is 6.24. The topological polar surface area (TPSA) is 41.5 Å². The normalized spacial score (nSPS) is 11.1. The fourth-order valence-corrected chi connectivity index (χ4v) is 0.879. The van der Waals surface area contributed by atoms with Gasteiger partial charge in [0.05, 0.1) is 5.71 Å². The van der Waals surface area contributed by atoms with Gasteiger partial charge in [-0.2, -0.15) is 5.10 Å². The van der Waals surface area contributed by atoms with Crippen LogP contribution in [0.4, 0.5) is 4.39 Å². The Morgan fingerprint density at radius 1 is 1.46 bits per heavy atom. The summed E-state index contributed by atoms with van der Waals surface area (Å²) in [4.78, 5) is 9.92. The van der Waals surface area contributed by atoms with Crippen molar-refractivity contribution < 1.29 is 9.18 Å². The van der Waals surface area contributed by atoms with E-state index in [4.69, 9.17) is 0 Å². The standard InChI is InChI=1S/C9H9FN2O/c1-7(12-11-6-13)8-2-4-9(10)5-3-8/h2-6H,1H3,(H,11,13)/b12-7-. The second-order valence-corrected chi connectivity index (χ2v) is 2.45. The van der Waals surface area contributed by atoms with E-state index in [9.17, 15) is 9.18 Å². The van der Waals surface area contributed by atoms with Crippen LogP contribution in [0.15, 0.2) is 29.4 Å². The first-order valence-electron chi connectivity index (χ1n) is 3.73. The van der Waals surface area contributed by atoms with Gasteiger partial charge in [-0.3, -0.25) is 4.79 Å². The van der Waals surface area contributed by atoms with Crippen molar-refractivity contribution >= 4 is 12.1 Å². The minimum Gasteiger partial charge on any atom is -0.277 e. The van der Waals surface area contributed by atoms with Gasteiger partial charge in [0, 0.05) is 0 Å². The molecule has 1 aromatic carbocycles. The number of halogens is 1. The van der Waals surface area contributed by atoms with E-state index >= 15 is 0 Å². The van der Waals surface area contributed by atoms with Crippen LogP contribution in [-0.2, 0) is 4.79 Å². The van der Waals surface area contributed by atoms with Crippen LogP contribution in [0.25, 0.3) is 0 Å². The van der Waals surface area contributed by atoms with Gasteiger partial charge in [0.1, 0.15) is 5.82 Å². The number of hydrogen-bond donors (Lipinski definition) is 1. The summed E-state index contributed by atoms with van der Waals surface area (Å²) in [6, 6.07) is 5.88. The third-order valence-corrected chi connectivity index (χ3v) is 1.55. The Balaban J connectivity index is 2.82. The molecule has 0 atom stereocenters. The number of carbonyl (C=O) groups excluding carboxylic acids is 1. The lowest BCUT2D eigenvalue weighted by atomic mass is 10.1. The number of carbonyl (C=O) groups is 1. The predicted octanol–water partition coefficient (Wildman–Crippen LogP) is 1.30. The highest BCUT2D eigenvalue weighted by molar-refractivity contribution is 5.98. The van der Waals surface area contributed by atoms with Crippen molar-refractivity contribution in [3.63, 3.8) is 0 Å². The molecule has 3 nitrogen and oxygen atoms in total. The number of benzene rings is 1. The van der Waals surface area contributed by atoms with Crippen LogP contribution in [0.5, 0.6) is 0 Å². The summed E-state index contributed by atoms with van der Waals surface area (Å²) in [6.07, 6.45) is 0.479. The molecular weight excluding hydrogens is 171 g/mol. The molecule has 1 aromatic rings. The van der Waals surface area contributed by atoms with E-state index in [2.05, 4.69) is 10.5 Å². The number of nitrogens with one attached hydrogen (secondary N) is 1. The van der Waals surface area contributed by atoms with Gasteiger partial charge in [0.25, 0.3) is 0 Å². The highest BCUT2D eigenvalue weighted by Gasteiger charge is 1.96. The van der Waals surface area contributed by atoms with E-state index in [0.717, 1.165) is 5.56 Å². The zero-order chi connectivity index (χ0) is 9.68. The fourth-order valence-electron chi connectivity index (χ4n) is 0.879. The van der Waals surface area contributed by atoms with Gasteiger partial charge in [-0.05, 0) is 24.6 Å². The van der Waals surface area contributed by atoms with Crippen molar-refractivity contribution in [3.8, 4) is 0 Å². The van der Waals surface area contributed by atoms with Gasteiger partial charge in [-0.15, -0.1) is 0 Å². The van der Waals surface area contributed by atoms with Gasteiger partial charge in [-0.1, -0.05) is 12.1 Å². The van der Waals surface area contributed by atoms with E-state index in [-0.39, 0.29) is 5.82 Å². The second kappa shape index (κ2) is 4.35. The van der Waals surface area contributed by atoms with E-state index in [0.29, 0.717) is 12.1 Å². The van der Waals surface area contributed by atoms with Crippen LogP contribution >= 0.6 is 0 Å². The number of nitrogens with zero attached hydrogens (tertiary/aromatic N) is 1. The number of amides is 1. The van der Waals surface area contributed by atoms with Gasteiger partial charge in [0.2, 0.25) is 6.41 Å². The quantitative estimate of drug-likeness (QED) is 0.425. The monoisotopic (exact) mass is 180 g/mol. The minimum atomic E-state index is -0.292. The molecule has 0 fully saturated rings. The largest absolute Gasteiger partial charge is 0.277 e. The van der Waals surface area contributed by atoms with Crippen molar-refractivity contribution in [2.45, 2.75) is 6.92 Å². The SMILES string of the molecule is C/C(=N/NC=O)c1ccc(F)cc1. The molecule has 0 aliphatic rings. The molecule has 0 saturated carbocycles. The zero-order valence-electron chi connectivity index (χ0n) is 7.12. The van der Waals surface area contributed by atoms with Crippen molar-refractivity contribution in [1.29, 1.82) is 0 Å². The van der Waals surface area contributed by atoms with Crippen molar-refractivity contribution in [2.24, 2.45) is 5.10 Å². The molecule has 0 aliphatic carbocycles. The molecule has 1 N–H and O–H groups in total. The Bertz CT molecular complexity index is 319. The molecule has 0 spiro atoms. The first kappa shape index (κ1) is 9.38. The third-order valence-electron chi connectivity index (χ3n) is 1.55. The second-order valence-electron chi connectivity index (χ2n) is 2.45. The summed E-state index contributed by atoms with van der Waals surface area (Å²) in [6.45, 7) is 1.73. The van der Waals surface area contributed by atoms with Gasteiger partial charge in [-0.25, -0.2) is 9.82 Å². The number of hydrogen-bond acceptors (Lipinski definition) is 2. The maximum atomic E-state index is 12.5. The molecule has 1 amide bonds. The molecule has 68 valence electrons. The smallest absolute Gasteiger partial charge is 0.227 e. The molecule has 13 heavy (non-hydrogen) atoms. The van der Waals surface area contributed by atoms with Crippen molar-refractivity contribution in [1.82, 2.24) is 5.43 Å². The molecule has 0 aromatic heterocycles. The average Bonchev–Trinajstić information content (AvgIpc) is 2.15. The molecule has 1 rings (SSSR count). The van der Waals surface area contributed by atoms with Crippen LogP contribution in [0.2, 0.25) is 0 Å². The zero-order valence-corrected chi connectivity index (χ0v) is 7.12. The summed E-state index contributed by atoms with van der Waals surface area (Å²) in [5.74, 6) is -0.292. The predicted molar refractivity (Wildman–Crippen MR) is 47.8 cm³/mol. The molecule has 4 heteroatoms. The van der Waals surface area contributed by atoms with Crippen LogP contribution < -0.4 is 5.43 Å². The van der Waals surface area contributed by atoms with E-state index in [1.807, 2.05) is 0 Å². The summed E-state index contributed by atoms with van der Waals surface area (Å²) >= 11 is 0. The molecule has 0 saturated heterocycles. The average molecular weight is 180 g/mol. The summed E-state index contributed by atoms with van der Waals surface area (Å²) in [5.41, 5.74) is 3.58. The number of rotatable bonds is 3. The molecule has 0 bridgehead atoms. The third kappa shape index (κ3) is 2.66. The number of hydrazone groups is 1. The van der Waals surface area contributed by atoms with E-state index in [1.165, 1.54) is 12.1 Å². The Morgan fingerprint density at radius 2 is 2.08 bits per heavy atom. The van der Waals surface area contributed by atoms with Crippen LogP contribution in [0.1, 0.15) is 12.5 Å². The van der Waals surface area contributed by atoms with E-state index in [1.54, 1.807) is 19.1 Å². The Kier molecular flexibility index (Phi) is 3.14. The lowest BCUT2D eigenvalue weighted by molar-refractivity contribution is -0.109. The minimum absolute atomic E-state index is 0.292. The molecule has 0 unspecified atom stereocenters. The van der Waals surface area contributed by atoms with Crippen molar-refractivity contribution in [2.75, 3.05) is 0 Å². The lowest BCUT2D eigenvalue weighted by Gasteiger charge is -1.98. The van der Waals surface area contributed by atoms with Gasteiger partial charge in [0.15, 0.2) is 0 Å². The van der Waals surface area contributed by atoms with Crippen LogP contribution in [0, 0.1) is 5.82 Å². The Morgan fingerprint density at radius 3 is 2.62 bits per heavy atom. The molecule has 0 heterocycles. The van der Waals surface area contributed by atoms with Crippen LogP contribution in [0.3, 0.4) is 0 Å². The highest BCUT2D eigenvalue weighted by Crippen LogP contribution is 2.03. The van der Waals surface area contributed by atoms with Gasteiger partial charge < -0.3 is 0 Å². The lowest BCUT2D eigenvalue weighted by Crippen LogP contribution is -2.06. The highest BCUT2D eigenvalue weighted by atomic mass is 19.1. The van der Waals surface area contributed by atoms with Crippen molar-refractivity contribution in [3.05, 3.63) is 35.6 Å². The Hall–Kier alpha value is -1.71. The first-order valence-corrected chi connectivity index (χ1v) is 3.73. The van der Waals surface area contributed by atoms with Gasteiger partial charge >= 0.3 is 0 Å². The fraction of sp³-hybridized carbons (Fsp3) is 0.111. The summed E-state index contributed by atoms with van der Waals surface area (Å²) in [7, 11) is 0. The molecule has 0 aliphatic heterocycles. The van der Waals surface area contributed by atoms with Crippen LogP contribution in [-0.4, -0.2) is 12.1 Å².